The molecule has 0 saturated carbocycles. The molecule has 0 fully saturated rings. The zero-order chi connectivity index (χ0) is 13.8. The fourth-order valence-corrected chi connectivity index (χ4v) is 1.79. The lowest BCUT2D eigenvalue weighted by Gasteiger charge is -2.08. The molecule has 1 aromatic rings. The quantitative estimate of drug-likeness (QED) is 0.731. The van der Waals surface area contributed by atoms with E-state index in [-0.39, 0.29) is 0 Å². The predicted molar refractivity (Wildman–Crippen MR) is 72.4 cm³/mol. The summed E-state index contributed by atoms with van der Waals surface area (Å²) in [4.78, 5) is 11.3. The van der Waals surface area contributed by atoms with Gasteiger partial charge in [-0.05, 0) is 56.7 Å². The van der Waals surface area contributed by atoms with E-state index >= 15 is 0 Å². The van der Waals surface area contributed by atoms with Gasteiger partial charge < -0.3 is 10.1 Å². The van der Waals surface area contributed by atoms with Gasteiger partial charge in [-0.2, -0.15) is 13.2 Å². The third kappa shape index (κ3) is 6.01. The lowest BCUT2D eigenvalue weighted by molar-refractivity contribution is -0.174. The molecule has 0 unspecified atom stereocenters. The normalized spacial score (nSPS) is 11.4. The average molecular weight is 438 g/mol. The molecule has 100 valence electrons. The predicted octanol–water partition coefficient (Wildman–Crippen LogP) is 3.57. The maximum Gasteiger partial charge on any atom is 0.411 e. The van der Waals surface area contributed by atoms with Crippen molar-refractivity contribution in [2.75, 3.05) is 18.5 Å². The van der Waals surface area contributed by atoms with Crippen LogP contribution < -0.4 is 5.32 Å². The largest absolute Gasteiger partial charge is 0.411 e. The zero-order valence-electron chi connectivity index (χ0n) is 8.85. The summed E-state index contributed by atoms with van der Waals surface area (Å²) in [6.07, 6.45) is -4.42. The van der Waals surface area contributed by atoms with Crippen LogP contribution in [0.25, 0.3) is 0 Å². The van der Waals surface area contributed by atoms with Crippen molar-refractivity contribution in [2.45, 2.75) is 6.18 Å². The van der Waals surface area contributed by atoms with E-state index in [0.29, 0.717) is 5.69 Å². The first-order valence-corrected chi connectivity index (χ1v) is 6.54. The first-order valence-electron chi connectivity index (χ1n) is 4.67. The lowest BCUT2D eigenvalue weighted by atomic mass is 10.3. The van der Waals surface area contributed by atoms with Crippen LogP contribution in [-0.4, -0.2) is 25.3 Å². The van der Waals surface area contributed by atoms with Gasteiger partial charge in [0.15, 0.2) is 0 Å². The number of rotatable bonds is 4. The molecule has 1 amide bonds. The van der Waals surface area contributed by atoms with Gasteiger partial charge in [0.25, 0.3) is 0 Å². The Balaban J connectivity index is 2.42. The van der Waals surface area contributed by atoms with Crippen molar-refractivity contribution >= 4 is 50.1 Å². The van der Waals surface area contributed by atoms with Crippen LogP contribution >= 0.6 is 38.5 Å². The Morgan fingerprint density at radius 2 is 2.11 bits per heavy atom. The highest BCUT2D eigenvalue weighted by molar-refractivity contribution is 14.1. The second-order valence-electron chi connectivity index (χ2n) is 3.29. The van der Waals surface area contributed by atoms with Gasteiger partial charge in [-0.3, -0.25) is 4.79 Å². The van der Waals surface area contributed by atoms with Crippen LogP contribution in [-0.2, 0) is 9.53 Å². The van der Waals surface area contributed by atoms with Crippen molar-refractivity contribution in [1.29, 1.82) is 0 Å². The summed E-state index contributed by atoms with van der Waals surface area (Å²) >= 11 is 5.35. The van der Waals surface area contributed by atoms with Crippen LogP contribution in [0.15, 0.2) is 22.7 Å². The summed E-state index contributed by atoms with van der Waals surface area (Å²) < 4.78 is 41.3. The number of carbonyl (C=O) groups excluding carboxylic acids is 1. The summed E-state index contributed by atoms with van der Waals surface area (Å²) in [6, 6.07) is 5.05. The van der Waals surface area contributed by atoms with Gasteiger partial charge in [-0.15, -0.1) is 0 Å². The highest BCUT2D eigenvalue weighted by Crippen LogP contribution is 2.22. The molecule has 1 N–H and O–H groups in total. The number of amides is 1. The topological polar surface area (TPSA) is 38.3 Å². The van der Waals surface area contributed by atoms with Crippen molar-refractivity contribution in [3.8, 4) is 0 Å². The van der Waals surface area contributed by atoms with Crippen LogP contribution in [0.2, 0.25) is 0 Å². The number of ether oxygens (including phenoxy) is 1. The van der Waals surface area contributed by atoms with E-state index in [1.54, 1.807) is 18.2 Å². The smallest absolute Gasteiger partial charge is 0.362 e. The molecular weight excluding hydrogens is 430 g/mol. The van der Waals surface area contributed by atoms with E-state index in [1.807, 2.05) is 0 Å². The van der Waals surface area contributed by atoms with Crippen molar-refractivity contribution in [2.24, 2.45) is 0 Å². The third-order valence-corrected chi connectivity index (χ3v) is 4.03. The number of nitrogens with one attached hydrogen (secondary N) is 1. The first-order chi connectivity index (χ1) is 8.28. The van der Waals surface area contributed by atoms with E-state index in [1.165, 1.54) is 0 Å². The van der Waals surface area contributed by atoms with Gasteiger partial charge in [0.1, 0.15) is 13.2 Å². The number of anilines is 1. The van der Waals surface area contributed by atoms with Gasteiger partial charge >= 0.3 is 6.18 Å². The summed E-state index contributed by atoms with van der Waals surface area (Å²) in [5, 5.41) is 2.44. The van der Waals surface area contributed by atoms with Gasteiger partial charge in [-0.25, -0.2) is 0 Å². The Hall–Kier alpha value is -0.350. The second kappa shape index (κ2) is 6.71. The number of benzene rings is 1. The monoisotopic (exact) mass is 437 g/mol. The number of hydrogen-bond donors (Lipinski definition) is 1. The average Bonchev–Trinajstić information content (AvgIpc) is 2.21. The van der Waals surface area contributed by atoms with Crippen LogP contribution in [0.5, 0.6) is 0 Å². The Kier molecular flexibility index (Phi) is 5.86. The van der Waals surface area contributed by atoms with Crippen molar-refractivity contribution in [3.05, 3.63) is 26.2 Å². The molecular formula is C10H8BrF3INO2. The van der Waals surface area contributed by atoms with E-state index in [9.17, 15) is 18.0 Å². The minimum Gasteiger partial charge on any atom is -0.362 e. The Labute approximate surface area is 123 Å². The van der Waals surface area contributed by atoms with E-state index in [4.69, 9.17) is 0 Å². The van der Waals surface area contributed by atoms with Crippen LogP contribution in [0, 0.1) is 3.57 Å². The summed E-state index contributed by atoms with van der Waals surface area (Å²) in [5.41, 5.74) is 0.503. The Bertz CT molecular complexity index is 440. The second-order valence-corrected chi connectivity index (χ2v) is 5.30. The first kappa shape index (κ1) is 15.7. The molecule has 0 aliphatic carbocycles. The molecule has 0 aliphatic rings. The maximum absolute atomic E-state index is 11.8. The Morgan fingerprint density at radius 3 is 2.67 bits per heavy atom. The summed E-state index contributed by atoms with van der Waals surface area (Å²) in [5.74, 6) is -0.627. The fraction of sp³-hybridized carbons (Fsp3) is 0.300. The lowest BCUT2D eigenvalue weighted by Crippen LogP contribution is -2.24. The zero-order valence-corrected chi connectivity index (χ0v) is 12.6. The number of halogens is 5. The minimum atomic E-state index is -4.42. The maximum atomic E-state index is 11.8. The standard InChI is InChI=1S/C10H8BrF3INO2/c11-7-2-1-6(3-8(7)15)16-9(17)4-18-5-10(12,13)14/h1-3H,4-5H2,(H,16,17). The third-order valence-electron chi connectivity index (χ3n) is 1.70. The molecule has 0 atom stereocenters. The summed E-state index contributed by atoms with van der Waals surface area (Å²) in [6.45, 7) is -2.07. The Morgan fingerprint density at radius 1 is 1.44 bits per heavy atom. The van der Waals surface area contributed by atoms with E-state index in [2.05, 4.69) is 48.6 Å². The van der Waals surface area contributed by atoms with Crippen LogP contribution in [0.4, 0.5) is 18.9 Å². The van der Waals surface area contributed by atoms with Crippen LogP contribution in [0.3, 0.4) is 0 Å². The molecule has 0 aromatic heterocycles. The van der Waals surface area contributed by atoms with Gasteiger partial charge in [0.2, 0.25) is 5.91 Å². The van der Waals surface area contributed by atoms with Gasteiger partial charge in [0, 0.05) is 13.7 Å². The number of alkyl halides is 3. The molecule has 0 heterocycles. The number of carbonyl (C=O) groups is 1. The highest BCUT2D eigenvalue weighted by Gasteiger charge is 2.27. The molecule has 0 aliphatic heterocycles. The molecule has 0 saturated heterocycles. The van der Waals surface area contributed by atoms with Gasteiger partial charge in [0.05, 0.1) is 0 Å². The summed E-state index contributed by atoms with van der Waals surface area (Å²) in [7, 11) is 0. The molecule has 0 bridgehead atoms. The molecule has 0 radical (unpaired) electrons. The van der Waals surface area contributed by atoms with Crippen molar-refractivity contribution < 1.29 is 22.7 Å². The fourth-order valence-electron chi connectivity index (χ4n) is 1.03. The van der Waals surface area contributed by atoms with E-state index < -0.39 is 25.3 Å². The number of hydrogen-bond acceptors (Lipinski definition) is 2. The molecule has 3 nitrogen and oxygen atoms in total. The molecule has 18 heavy (non-hydrogen) atoms. The molecule has 1 rings (SSSR count). The SMILES string of the molecule is O=C(COCC(F)(F)F)Nc1ccc(Br)c(I)c1. The molecule has 1 aromatic carbocycles. The highest BCUT2D eigenvalue weighted by atomic mass is 127. The van der Waals surface area contributed by atoms with Crippen LogP contribution in [0.1, 0.15) is 0 Å². The van der Waals surface area contributed by atoms with E-state index in [0.717, 1.165) is 8.04 Å². The molecule has 0 spiro atoms. The minimum absolute atomic E-state index is 0.503. The molecule has 8 heteroatoms. The van der Waals surface area contributed by atoms with Crippen molar-refractivity contribution in [3.63, 3.8) is 0 Å². The van der Waals surface area contributed by atoms with Gasteiger partial charge in [-0.1, -0.05) is 0 Å². The van der Waals surface area contributed by atoms with Crippen molar-refractivity contribution in [1.82, 2.24) is 0 Å².